The molecule has 0 aliphatic carbocycles. The van der Waals surface area contributed by atoms with E-state index in [1.54, 1.807) is 30.3 Å². The second-order valence-corrected chi connectivity index (χ2v) is 9.67. The molecule has 1 saturated heterocycles. The van der Waals surface area contributed by atoms with Gasteiger partial charge in [-0.3, -0.25) is 4.79 Å². The van der Waals surface area contributed by atoms with Crippen LogP contribution in [0.2, 0.25) is 5.02 Å². The molecule has 6 nitrogen and oxygen atoms in total. The van der Waals surface area contributed by atoms with Crippen LogP contribution in [0.4, 0.5) is 14.6 Å². The van der Waals surface area contributed by atoms with Gasteiger partial charge in [-0.25, -0.2) is 4.39 Å². The van der Waals surface area contributed by atoms with E-state index < -0.39 is 11.9 Å². The fourth-order valence-electron chi connectivity index (χ4n) is 5.34. The highest BCUT2D eigenvalue weighted by molar-refractivity contribution is 6.35. The monoisotopic (exact) mass is 525 g/mol. The molecule has 9 heteroatoms. The highest BCUT2D eigenvalue weighted by atomic mass is 35.5. The Bertz CT molecular complexity index is 1530. The first-order chi connectivity index (χ1) is 17.8. The summed E-state index contributed by atoms with van der Waals surface area (Å²) in [6.07, 6.45) is 1.39. The fourth-order valence-corrected chi connectivity index (χ4v) is 5.63. The van der Waals surface area contributed by atoms with Crippen LogP contribution < -0.4 is 4.90 Å². The van der Waals surface area contributed by atoms with Gasteiger partial charge in [0.1, 0.15) is 17.1 Å². The van der Waals surface area contributed by atoms with Crippen LogP contribution in [0.3, 0.4) is 0 Å². The number of methoxy groups -OCH3 is 1. The summed E-state index contributed by atoms with van der Waals surface area (Å²) in [4.78, 5) is 21.7. The molecule has 0 amide bonds. The summed E-state index contributed by atoms with van der Waals surface area (Å²) in [7, 11) is 1.36. The lowest BCUT2D eigenvalue weighted by Gasteiger charge is -2.23. The van der Waals surface area contributed by atoms with Crippen molar-refractivity contribution >= 4 is 45.1 Å². The molecule has 0 bridgehead atoms. The second kappa shape index (κ2) is 10.1. The number of benzene rings is 3. The highest BCUT2D eigenvalue weighted by Crippen LogP contribution is 2.42. The zero-order valence-electron chi connectivity index (χ0n) is 20.5. The van der Waals surface area contributed by atoms with Crippen molar-refractivity contribution in [3.05, 3.63) is 58.9 Å². The number of carbonyl (C=O) groups is 1. The minimum atomic E-state index is -1.04. The maximum absolute atomic E-state index is 16.2. The van der Waals surface area contributed by atoms with Crippen molar-refractivity contribution in [2.24, 2.45) is 5.92 Å². The lowest BCUT2D eigenvalue weighted by molar-refractivity contribution is -0.145. The number of fused-ring (bicyclic) bond motifs is 2. The van der Waals surface area contributed by atoms with Gasteiger partial charge in [-0.15, -0.1) is 0 Å². The number of ether oxygens (including phenoxy) is 1. The Balaban J connectivity index is 1.67. The summed E-state index contributed by atoms with van der Waals surface area (Å²) in [5.74, 6) is -0.891. The number of anilines is 1. The molecule has 1 aliphatic rings. The highest BCUT2D eigenvalue weighted by Gasteiger charge is 2.27. The number of phenolic OH excluding ortho intramolecular Hbond substituents is 1. The Morgan fingerprint density at radius 2 is 2.00 bits per heavy atom. The second-order valence-electron chi connectivity index (χ2n) is 9.26. The number of halogens is 3. The van der Waals surface area contributed by atoms with Crippen LogP contribution in [-0.4, -0.2) is 41.2 Å². The van der Waals surface area contributed by atoms with E-state index in [-0.39, 0.29) is 39.6 Å². The van der Waals surface area contributed by atoms with E-state index in [1.807, 2.05) is 17.9 Å². The molecule has 0 saturated carbocycles. The molecule has 0 radical (unpaired) electrons. The molecule has 1 atom stereocenters. The van der Waals surface area contributed by atoms with Crippen molar-refractivity contribution in [3.8, 4) is 16.9 Å². The zero-order chi connectivity index (χ0) is 26.3. The number of hydrogen-bond acceptors (Lipinski definition) is 6. The third-order valence-electron chi connectivity index (χ3n) is 7.09. The molecule has 5 rings (SSSR count). The Morgan fingerprint density at radius 3 is 2.76 bits per heavy atom. The van der Waals surface area contributed by atoms with E-state index in [4.69, 9.17) is 16.3 Å². The average molecular weight is 526 g/mol. The van der Waals surface area contributed by atoms with Crippen molar-refractivity contribution in [3.63, 3.8) is 0 Å². The first kappa shape index (κ1) is 25.1. The first-order valence-corrected chi connectivity index (χ1v) is 12.6. The third-order valence-corrected chi connectivity index (χ3v) is 7.39. The number of nitrogens with zero attached hydrogens (tertiary/aromatic N) is 3. The van der Waals surface area contributed by atoms with Crippen molar-refractivity contribution in [2.45, 2.75) is 32.6 Å². The van der Waals surface area contributed by atoms with Gasteiger partial charge in [-0.2, -0.15) is 14.4 Å². The lowest BCUT2D eigenvalue weighted by atomic mass is 9.92. The molecule has 1 aromatic heterocycles. The van der Waals surface area contributed by atoms with Gasteiger partial charge in [0, 0.05) is 24.0 Å². The SMILES string of the molecule is CCc1cc(O)cc2cccc(-c3c(Cl)cc4c(N5CCCC(C(=O)OC)CC5)nc(F)nc4c3F)c12. The summed E-state index contributed by atoms with van der Waals surface area (Å²) in [6.45, 7) is 2.90. The predicted octanol–water partition coefficient (Wildman–Crippen LogP) is 6.43. The Morgan fingerprint density at radius 1 is 1.19 bits per heavy atom. The van der Waals surface area contributed by atoms with Crippen molar-refractivity contribution in [1.29, 1.82) is 0 Å². The first-order valence-electron chi connectivity index (χ1n) is 12.2. The maximum Gasteiger partial charge on any atom is 0.311 e. The molecule has 3 aromatic carbocycles. The van der Waals surface area contributed by atoms with Crippen LogP contribution >= 0.6 is 11.6 Å². The van der Waals surface area contributed by atoms with Gasteiger partial charge in [0.25, 0.3) is 0 Å². The summed E-state index contributed by atoms with van der Waals surface area (Å²) >= 11 is 6.72. The molecule has 37 heavy (non-hydrogen) atoms. The Labute approximate surface area is 217 Å². The molecule has 2 heterocycles. The smallest absolute Gasteiger partial charge is 0.311 e. The Kier molecular flexibility index (Phi) is 6.86. The largest absolute Gasteiger partial charge is 0.508 e. The van der Waals surface area contributed by atoms with E-state index in [9.17, 15) is 14.3 Å². The van der Waals surface area contributed by atoms with Gasteiger partial charge in [0.05, 0.1) is 18.1 Å². The van der Waals surface area contributed by atoms with Crippen molar-refractivity contribution in [2.75, 3.05) is 25.1 Å². The van der Waals surface area contributed by atoms with Gasteiger partial charge < -0.3 is 14.7 Å². The van der Waals surface area contributed by atoms with Crippen molar-refractivity contribution in [1.82, 2.24) is 9.97 Å². The number of esters is 1. The summed E-state index contributed by atoms with van der Waals surface area (Å²) in [5.41, 5.74) is 1.32. The third kappa shape index (κ3) is 4.55. The standard InChI is InChI=1S/C28H26ClF2N3O3/c1-3-15-12-18(35)13-17-6-4-8-19(22(15)17)23-21(29)14-20-25(24(23)30)32-28(31)33-26(20)34-10-5-7-16(9-11-34)27(36)37-2/h4,6,8,12-14,16,35H,3,5,7,9-11H2,1-2H3. The van der Waals surface area contributed by atoms with E-state index in [1.165, 1.54) is 7.11 Å². The topological polar surface area (TPSA) is 75.5 Å². The van der Waals surface area contributed by atoms with Gasteiger partial charge in [0.2, 0.25) is 0 Å². The van der Waals surface area contributed by atoms with Gasteiger partial charge in [-0.1, -0.05) is 36.7 Å². The van der Waals surface area contributed by atoms with Crippen LogP contribution in [0.15, 0.2) is 36.4 Å². The molecular formula is C28H26ClF2N3O3. The minimum Gasteiger partial charge on any atom is -0.508 e. The number of phenols is 1. The van der Waals surface area contributed by atoms with Crippen LogP contribution in [-0.2, 0) is 16.0 Å². The molecule has 1 unspecified atom stereocenters. The van der Waals surface area contributed by atoms with Crippen LogP contribution in [0.5, 0.6) is 5.75 Å². The fraction of sp³-hybridized carbons (Fsp3) is 0.321. The number of aromatic nitrogens is 2. The summed E-state index contributed by atoms with van der Waals surface area (Å²) in [6, 6.07) is 10.2. The normalized spacial score (nSPS) is 16.2. The Hall–Kier alpha value is -3.52. The average Bonchev–Trinajstić information content (AvgIpc) is 3.14. The number of rotatable bonds is 4. The van der Waals surface area contributed by atoms with E-state index in [2.05, 4.69) is 9.97 Å². The summed E-state index contributed by atoms with van der Waals surface area (Å²) < 4.78 is 35.8. The zero-order valence-corrected chi connectivity index (χ0v) is 21.3. The van der Waals surface area contributed by atoms with Gasteiger partial charge >= 0.3 is 12.0 Å². The van der Waals surface area contributed by atoms with E-state index in [0.29, 0.717) is 49.7 Å². The number of carbonyl (C=O) groups excluding carboxylic acids is 1. The van der Waals surface area contributed by atoms with Crippen LogP contribution in [0.25, 0.3) is 32.8 Å². The number of aryl methyl sites for hydroxylation is 1. The quantitative estimate of drug-likeness (QED) is 0.244. The van der Waals surface area contributed by atoms with E-state index in [0.717, 1.165) is 16.3 Å². The lowest BCUT2D eigenvalue weighted by Crippen LogP contribution is -2.27. The van der Waals surface area contributed by atoms with E-state index >= 15 is 4.39 Å². The number of aromatic hydroxyl groups is 1. The minimum absolute atomic E-state index is 0.117. The van der Waals surface area contributed by atoms with Crippen LogP contribution in [0, 0.1) is 17.8 Å². The molecule has 4 aromatic rings. The molecule has 1 N–H and O–H groups in total. The van der Waals surface area contributed by atoms with Gasteiger partial charge in [-0.05, 0) is 65.8 Å². The predicted molar refractivity (Wildman–Crippen MR) is 140 cm³/mol. The molecular weight excluding hydrogens is 500 g/mol. The molecule has 192 valence electrons. The number of hydrogen-bond donors (Lipinski definition) is 1. The van der Waals surface area contributed by atoms with Crippen LogP contribution in [0.1, 0.15) is 31.7 Å². The molecule has 0 spiro atoms. The van der Waals surface area contributed by atoms with Gasteiger partial charge in [0.15, 0.2) is 5.82 Å². The molecule has 1 aliphatic heterocycles. The molecule has 1 fully saturated rings. The maximum atomic E-state index is 16.2. The summed E-state index contributed by atoms with van der Waals surface area (Å²) in [5, 5.41) is 12.1. The van der Waals surface area contributed by atoms with Crippen molar-refractivity contribution < 1.29 is 23.4 Å².